The van der Waals surface area contributed by atoms with E-state index < -0.39 is 41.0 Å². The molecule has 0 radical (unpaired) electrons. The molecule has 1 fully saturated rings. The molecule has 2 N–H and O–H groups in total. The number of carbonyl (C=O) groups excluding carboxylic acids is 2. The Kier molecular flexibility index (Phi) is 6.52. The Balaban J connectivity index is 1.74. The zero-order valence-electron chi connectivity index (χ0n) is 18.4. The average Bonchev–Trinajstić information content (AvgIpc) is 2.80. The van der Waals surface area contributed by atoms with Crippen LogP contribution in [0, 0.1) is 11.7 Å². The van der Waals surface area contributed by atoms with Gasteiger partial charge in [0.25, 0.3) is 5.91 Å². The van der Waals surface area contributed by atoms with E-state index in [0.717, 1.165) is 6.20 Å². The lowest BCUT2D eigenvalue weighted by molar-refractivity contribution is -0.124. The second-order valence-electron chi connectivity index (χ2n) is 8.13. The van der Waals surface area contributed by atoms with Crippen molar-refractivity contribution in [3.05, 3.63) is 52.5 Å². The SMILES string of the molecule is CN1CCN(c2cc(F)c(-c3cnc(=O)[nH]c3)cc2NC(=O)C2C=NC(=O)C=C2C(F)(F)F)CC1. The fourth-order valence-electron chi connectivity index (χ4n) is 3.85. The summed E-state index contributed by atoms with van der Waals surface area (Å²) in [6.07, 6.45) is -1.62. The zero-order chi connectivity index (χ0) is 25.3. The summed E-state index contributed by atoms with van der Waals surface area (Å²) in [5.41, 5.74) is -1.47. The molecule has 2 aliphatic rings. The second kappa shape index (κ2) is 9.41. The number of nitrogens with zero attached hydrogens (tertiary/aromatic N) is 4. The molecule has 3 heterocycles. The van der Waals surface area contributed by atoms with Gasteiger partial charge >= 0.3 is 11.9 Å². The number of carbonyl (C=O) groups is 2. The number of rotatable bonds is 4. The summed E-state index contributed by atoms with van der Waals surface area (Å²) >= 11 is 0. The number of piperazine rings is 1. The first-order chi connectivity index (χ1) is 16.5. The molecule has 0 bridgehead atoms. The Morgan fingerprint density at radius 2 is 1.89 bits per heavy atom. The topological polar surface area (TPSA) is 111 Å². The number of hydrogen-bond acceptors (Lipinski definition) is 6. The van der Waals surface area contributed by atoms with Gasteiger partial charge in [-0.05, 0) is 19.2 Å². The predicted octanol–water partition coefficient (Wildman–Crippen LogP) is 1.98. The van der Waals surface area contributed by atoms with Crippen molar-refractivity contribution < 1.29 is 27.2 Å². The molecule has 1 unspecified atom stereocenters. The van der Waals surface area contributed by atoms with Crippen LogP contribution in [0.4, 0.5) is 28.9 Å². The van der Waals surface area contributed by atoms with Crippen molar-refractivity contribution >= 4 is 29.4 Å². The van der Waals surface area contributed by atoms with Crippen molar-refractivity contribution in [3.8, 4) is 11.1 Å². The van der Waals surface area contributed by atoms with E-state index in [1.54, 1.807) is 0 Å². The minimum Gasteiger partial charge on any atom is -0.367 e. The van der Waals surface area contributed by atoms with Crippen LogP contribution in [-0.2, 0) is 9.59 Å². The maximum absolute atomic E-state index is 15.1. The third kappa shape index (κ3) is 5.29. The van der Waals surface area contributed by atoms with E-state index in [-0.39, 0.29) is 28.6 Å². The van der Waals surface area contributed by atoms with Crippen LogP contribution in [0.3, 0.4) is 0 Å². The van der Waals surface area contributed by atoms with Gasteiger partial charge in [-0.1, -0.05) is 0 Å². The summed E-state index contributed by atoms with van der Waals surface area (Å²) in [4.78, 5) is 48.7. The normalized spacial score (nSPS) is 19.0. The van der Waals surface area contributed by atoms with Gasteiger partial charge in [0.05, 0.1) is 16.9 Å². The first kappa shape index (κ1) is 24.3. The van der Waals surface area contributed by atoms with E-state index >= 15 is 4.39 Å². The van der Waals surface area contributed by atoms with E-state index in [9.17, 15) is 27.6 Å². The Hall–Kier alpha value is -3.87. The van der Waals surface area contributed by atoms with Gasteiger partial charge in [0.2, 0.25) is 5.91 Å². The number of benzene rings is 1. The van der Waals surface area contributed by atoms with Crippen molar-refractivity contribution in [1.82, 2.24) is 14.9 Å². The number of halogens is 4. The summed E-state index contributed by atoms with van der Waals surface area (Å²) in [5, 5.41) is 2.46. The third-order valence-corrected chi connectivity index (χ3v) is 5.74. The average molecular weight is 492 g/mol. The second-order valence-corrected chi connectivity index (χ2v) is 8.13. The molecule has 0 spiro atoms. The highest BCUT2D eigenvalue weighted by Gasteiger charge is 2.43. The lowest BCUT2D eigenvalue weighted by Crippen LogP contribution is -2.45. The fourth-order valence-corrected chi connectivity index (χ4v) is 3.85. The molecular weight excluding hydrogens is 472 g/mol. The van der Waals surface area contributed by atoms with E-state index in [0.29, 0.717) is 32.4 Å². The number of amides is 2. The Labute approximate surface area is 196 Å². The van der Waals surface area contributed by atoms with Crippen molar-refractivity contribution in [1.29, 1.82) is 0 Å². The van der Waals surface area contributed by atoms with Gasteiger partial charge < -0.3 is 20.1 Å². The monoisotopic (exact) mass is 492 g/mol. The smallest absolute Gasteiger partial charge is 0.367 e. The highest BCUT2D eigenvalue weighted by atomic mass is 19.4. The minimum absolute atomic E-state index is 0.0268. The summed E-state index contributed by atoms with van der Waals surface area (Å²) in [6, 6.07) is 2.46. The number of H-pyrrole nitrogens is 1. The van der Waals surface area contributed by atoms with E-state index in [1.807, 2.05) is 11.9 Å². The molecule has 1 aromatic carbocycles. The quantitative estimate of drug-likeness (QED) is 0.632. The molecule has 2 aromatic rings. The maximum Gasteiger partial charge on any atom is 0.414 e. The number of likely N-dealkylation sites (N-methyl/N-ethyl adjacent to an activating group) is 1. The molecule has 184 valence electrons. The van der Waals surface area contributed by atoms with Crippen LogP contribution in [0.2, 0.25) is 0 Å². The molecule has 1 aromatic heterocycles. The number of aromatic nitrogens is 2. The molecular formula is C22H20F4N6O3. The highest BCUT2D eigenvalue weighted by Crippen LogP contribution is 2.37. The largest absolute Gasteiger partial charge is 0.414 e. The van der Waals surface area contributed by atoms with Gasteiger partial charge in [0, 0.05) is 62.0 Å². The fraction of sp³-hybridized carbons (Fsp3) is 0.318. The summed E-state index contributed by atoms with van der Waals surface area (Å²) in [7, 11) is 1.92. The Morgan fingerprint density at radius 1 is 1.17 bits per heavy atom. The maximum atomic E-state index is 15.1. The van der Waals surface area contributed by atoms with Gasteiger partial charge in [-0.3, -0.25) is 9.59 Å². The van der Waals surface area contributed by atoms with Crippen molar-refractivity contribution in [2.75, 3.05) is 43.4 Å². The zero-order valence-corrected chi connectivity index (χ0v) is 18.4. The van der Waals surface area contributed by atoms with Crippen LogP contribution < -0.4 is 15.9 Å². The standard InChI is InChI=1S/C22H20F4N6O3/c1-31-2-4-32(5-3-31)18-8-16(23)13(12-9-28-21(35)29-10-12)6-17(18)30-20(34)14-11-27-19(33)7-15(14)22(24,25)26/h6-11,14H,2-5H2,1H3,(H,30,34)(H,28,29,35). The summed E-state index contributed by atoms with van der Waals surface area (Å²) < 4.78 is 55.6. The predicted molar refractivity (Wildman–Crippen MR) is 120 cm³/mol. The van der Waals surface area contributed by atoms with E-state index in [2.05, 4.69) is 25.2 Å². The van der Waals surface area contributed by atoms with Crippen molar-refractivity contribution in [2.45, 2.75) is 6.18 Å². The molecule has 9 nitrogen and oxygen atoms in total. The lowest BCUT2D eigenvalue weighted by atomic mass is 9.95. The molecule has 4 rings (SSSR count). The molecule has 13 heteroatoms. The molecule has 2 amide bonds. The van der Waals surface area contributed by atoms with Gasteiger partial charge in [-0.2, -0.15) is 13.2 Å². The van der Waals surface area contributed by atoms with E-state index in [1.165, 1.54) is 18.3 Å². The van der Waals surface area contributed by atoms with Crippen LogP contribution in [0.25, 0.3) is 11.1 Å². The number of nitrogens with one attached hydrogen (secondary N) is 2. The molecule has 2 aliphatic heterocycles. The Morgan fingerprint density at radius 3 is 2.51 bits per heavy atom. The van der Waals surface area contributed by atoms with Crippen LogP contribution in [0.15, 0.2) is 46.0 Å². The van der Waals surface area contributed by atoms with Gasteiger partial charge in [-0.25, -0.2) is 19.2 Å². The van der Waals surface area contributed by atoms with Crippen molar-refractivity contribution in [3.63, 3.8) is 0 Å². The first-order valence-corrected chi connectivity index (χ1v) is 10.5. The number of aromatic amines is 1. The molecule has 0 saturated carbocycles. The third-order valence-electron chi connectivity index (χ3n) is 5.74. The van der Waals surface area contributed by atoms with Gasteiger partial charge in [0.15, 0.2) is 0 Å². The van der Waals surface area contributed by atoms with Crippen LogP contribution in [0.1, 0.15) is 0 Å². The molecule has 1 atom stereocenters. The molecule has 1 saturated heterocycles. The number of aliphatic imine (C=N–C) groups is 1. The minimum atomic E-state index is -4.93. The summed E-state index contributed by atoms with van der Waals surface area (Å²) in [6.45, 7) is 2.29. The molecule has 0 aliphatic carbocycles. The van der Waals surface area contributed by atoms with Crippen LogP contribution >= 0.6 is 0 Å². The number of dihydropyridines is 1. The first-order valence-electron chi connectivity index (χ1n) is 10.5. The van der Waals surface area contributed by atoms with Crippen LogP contribution in [-0.4, -0.2) is 72.3 Å². The van der Waals surface area contributed by atoms with Crippen molar-refractivity contribution in [2.24, 2.45) is 10.9 Å². The van der Waals surface area contributed by atoms with Gasteiger partial charge in [-0.15, -0.1) is 0 Å². The number of alkyl halides is 3. The molecule has 35 heavy (non-hydrogen) atoms. The number of anilines is 2. The highest BCUT2D eigenvalue weighted by molar-refractivity contribution is 6.11. The van der Waals surface area contributed by atoms with Gasteiger partial charge in [0.1, 0.15) is 11.7 Å². The van der Waals surface area contributed by atoms with E-state index in [4.69, 9.17) is 0 Å². The number of hydrogen-bond donors (Lipinski definition) is 2. The van der Waals surface area contributed by atoms with Crippen LogP contribution in [0.5, 0.6) is 0 Å². The Bertz CT molecular complexity index is 1260. The summed E-state index contributed by atoms with van der Waals surface area (Å²) in [5.74, 6) is -4.74. The lowest BCUT2D eigenvalue weighted by Gasteiger charge is -2.35.